The van der Waals surface area contributed by atoms with E-state index < -0.39 is 0 Å². The van der Waals surface area contributed by atoms with Crippen molar-refractivity contribution in [1.82, 2.24) is 5.32 Å². The third kappa shape index (κ3) is 2.12. The first kappa shape index (κ1) is 12.3. The van der Waals surface area contributed by atoms with E-state index in [9.17, 15) is 0 Å². The predicted molar refractivity (Wildman–Crippen MR) is 74.7 cm³/mol. The molecule has 3 nitrogen and oxygen atoms in total. The zero-order valence-corrected chi connectivity index (χ0v) is 12.2. The van der Waals surface area contributed by atoms with Crippen LogP contribution in [0, 0.1) is 6.92 Å². The monoisotopic (exact) mass is 311 g/mol. The molecule has 1 atom stereocenters. The molecule has 0 amide bonds. The van der Waals surface area contributed by atoms with E-state index in [1.165, 1.54) is 17.5 Å². The fourth-order valence-corrected chi connectivity index (χ4v) is 3.32. The molecule has 2 aliphatic heterocycles. The second kappa shape index (κ2) is 5.10. The van der Waals surface area contributed by atoms with E-state index in [-0.39, 0.29) is 0 Å². The van der Waals surface area contributed by atoms with Crippen LogP contribution in [0.4, 0.5) is 0 Å². The van der Waals surface area contributed by atoms with Crippen LogP contribution >= 0.6 is 15.9 Å². The van der Waals surface area contributed by atoms with Gasteiger partial charge in [-0.2, -0.15) is 0 Å². The minimum Gasteiger partial charge on any atom is -0.489 e. The molecular formula is C14H18BrNO2. The van der Waals surface area contributed by atoms with E-state index in [0.29, 0.717) is 5.92 Å². The van der Waals surface area contributed by atoms with E-state index in [4.69, 9.17) is 9.47 Å². The van der Waals surface area contributed by atoms with Gasteiger partial charge >= 0.3 is 0 Å². The Kier molecular flexibility index (Phi) is 3.48. The molecule has 2 aliphatic rings. The Hall–Kier alpha value is -0.740. The quantitative estimate of drug-likeness (QED) is 0.865. The summed E-state index contributed by atoms with van der Waals surface area (Å²) in [7, 11) is 0. The van der Waals surface area contributed by atoms with Crippen LogP contribution < -0.4 is 14.8 Å². The Balaban J connectivity index is 2.06. The maximum Gasteiger partial charge on any atom is 0.175 e. The second-order valence-electron chi connectivity index (χ2n) is 4.97. The topological polar surface area (TPSA) is 30.5 Å². The molecule has 1 unspecified atom stereocenters. The molecule has 1 N–H and O–H groups in total. The molecule has 3 rings (SSSR count). The van der Waals surface area contributed by atoms with Crippen molar-refractivity contribution in [3.05, 3.63) is 21.7 Å². The lowest BCUT2D eigenvalue weighted by Gasteiger charge is -2.19. The van der Waals surface area contributed by atoms with Gasteiger partial charge in [-0.05, 0) is 58.9 Å². The van der Waals surface area contributed by atoms with Crippen molar-refractivity contribution < 1.29 is 9.47 Å². The zero-order chi connectivity index (χ0) is 12.5. The normalized spacial score (nSPS) is 22.9. The fraction of sp³-hybridized carbons (Fsp3) is 0.571. The third-order valence-electron chi connectivity index (χ3n) is 3.76. The number of benzene rings is 1. The maximum absolute atomic E-state index is 5.88. The molecule has 0 saturated carbocycles. The highest BCUT2D eigenvalue weighted by atomic mass is 79.9. The first-order valence-corrected chi connectivity index (χ1v) is 7.36. The summed E-state index contributed by atoms with van der Waals surface area (Å²) in [5.41, 5.74) is 2.62. The summed E-state index contributed by atoms with van der Waals surface area (Å²) < 4.78 is 12.7. The summed E-state index contributed by atoms with van der Waals surface area (Å²) in [4.78, 5) is 0. The molecule has 0 aliphatic carbocycles. The van der Waals surface area contributed by atoms with Gasteiger partial charge in [0.2, 0.25) is 0 Å². The largest absolute Gasteiger partial charge is 0.489 e. The molecule has 0 spiro atoms. The molecule has 1 aromatic rings. The molecule has 1 saturated heterocycles. The van der Waals surface area contributed by atoms with E-state index in [2.05, 4.69) is 34.2 Å². The maximum atomic E-state index is 5.88. The molecule has 0 radical (unpaired) electrons. The number of ether oxygens (including phenoxy) is 2. The Morgan fingerprint density at radius 1 is 1.28 bits per heavy atom. The molecule has 1 aromatic carbocycles. The van der Waals surface area contributed by atoms with Crippen LogP contribution in [0.2, 0.25) is 0 Å². The molecular weight excluding hydrogens is 294 g/mol. The van der Waals surface area contributed by atoms with Gasteiger partial charge in [-0.1, -0.05) is 0 Å². The van der Waals surface area contributed by atoms with Crippen LogP contribution in [0.25, 0.3) is 0 Å². The van der Waals surface area contributed by atoms with Gasteiger partial charge in [0.1, 0.15) is 0 Å². The van der Waals surface area contributed by atoms with Crippen LogP contribution in [-0.2, 0) is 0 Å². The highest BCUT2D eigenvalue weighted by Crippen LogP contribution is 2.44. The molecule has 1 fully saturated rings. The first-order chi connectivity index (χ1) is 8.77. The SMILES string of the molecule is Cc1c(C2CCNC2)cc(Br)c2c1OCCCO2. The summed E-state index contributed by atoms with van der Waals surface area (Å²) in [6.07, 6.45) is 2.15. The van der Waals surface area contributed by atoms with Gasteiger partial charge in [0.15, 0.2) is 11.5 Å². The van der Waals surface area contributed by atoms with Gasteiger partial charge in [0.05, 0.1) is 17.7 Å². The van der Waals surface area contributed by atoms with E-state index in [1.54, 1.807) is 0 Å². The molecule has 98 valence electrons. The van der Waals surface area contributed by atoms with Crippen molar-refractivity contribution >= 4 is 15.9 Å². The van der Waals surface area contributed by atoms with Crippen LogP contribution in [0.3, 0.4) is 0 Å². The lowest BCUT2D eigenvalue weighted by molar-refractivity contribution is 0.296. The lowest BCUT2D eigenvalue weighted by atomic mass is 9.93. The van der Waals surface area contributed by atoms with Crippen molar-refractivity contribution in [2.45, 2.75) is 25.7 Å². The van der Waals surface area contributed by atoms with Crippen molar-refractivity contribution in [2.75, 3.05) is 26.3 Å². The highest BCUT2D eigenvalue weighted by Gasteiger charge is 2.25. The predicted octanol–water partition coefficient (Wildman–Crippen LogP) is 3.00. The third-order valence-corrected chi connectivity index (χ3v) is 4.35. The van der Waals surface area contributed by atoms with Gasteiger partial charge in [-0.25, -0.2) is 0 Å². The van der Waals surface area contributed by atoms with Crippen LogP contribution in [0.15, 0.2) is 10.5 Å². The number of rotatable bonds is 1. The number of halogens is 1. The molecule has 0 aromatic heterocycles. The van der Waals surface area contributed by atoms with Gasteiger partial charge in [-0.3, -0.25) is 0 Å². The zero-order valence-electron chi connectivity index (χ0n) is 10.6. The Morgan fingerprint density at radius 2 is 2.06 bits per heavy atom. The van der Waals surface area contributed by atoms with Crippen molar-refractivity contribution in [3.8, 4) is 11.5 Å². The number of fused-ring (bicyclic) bond motifs is 1. The molecule has 18 heavy (non-hydrogen) atoms. The van der Waals surface area contributed by atoms with Crippen molar-refractivity contribution in [2.24, 2.45) is 0 Å². The second-order valence-corrected chi connectivity index (χ2v) is 5.83. The summed E-state index contributed by atoms with van der Waals surface area (Å²) >= 11 is 3.62. The Labute approximate surface area is 116 Å². The van der Waals surface area contributed by atoms with Crippen molar-refractivity contribution in [3.63, 3.8) is 0 Å². The Morgan fingerprint density at radius 3 is 2.78 bits per heavy atom. The van der Waals surface area contributed by atoms with Crippen LogP contribution in [0.1, 0.15) is 29.9 Å². The van der Waals surface area contributed by atoms with Gasteiger partial charge in [-0.15, -0.1) is 0 Å². The number of hydrogen-bond acceptors (Lipinski definition) is 3. The average molecular weight is 312 g/mol. The fourth-order valence-electron chi connectivity index (χ4n) is 2.78. The minimum atomic E-state index is 0.596. The number of nitrogens with one attached hydrogen (secondary N) is 1. The molecule has 2 heterocycles. The summed E-state index contributed by atoms with van der Waals surface area (Å²) in [6.45, 7) is 5.79. The van der Waals surface area contributed by atoms with Crippen LogP contribution in [0.5, 0.6) is 11.5 Å². The summed E-state index contributed by atoms with van der Waals surface area (Å²) in [5, 5.41) is 3.42. The van der Waals surface area contributed by atoms with E-state index in [1.807, 2.05) is 0 Å². The standard InChI is InChI=1S/C14H18BrNO2/c1-9-11(10-3-4-16-8-10)7-12(15)14-13(9)17-5-2-6-18-14/h7,10,16H,2-6,8H2,1H3. The lowest BCUT2D eigenvalue weighted by Crippen LogP contribution is -2.09. The first-order valence-electron chi connectivity index (χ1n) is 6.56. The van der Waals surface area contributed by atoms with Crippen LogP contribution in [-0.4, -0.2) is 26.3 Å². The molecule has 4 heteroatoms. The van der Waals surface area contributed by atoms with E-state index in [0.717, 1.165) is 48.7 Å². The van der Waals surface area contributed by atoms with Gasteiger partial charge in [0, 0.05) is 13.0 Å². The number of hydrogen-bond donors (Lipinski definition) is 1. The van der Waals surface area contributed by atoms with E-state index >= 15 is 0 Å². The van der Waals surface area contributed by atoms with Crippen molar-refractivity contribution in [1.29, 1.82) is 0 Å². The highest BCUT2D eigenvalue weighted by molar-refractivity contribution is 9.10. The molecule has 0 bridgehead atoms. The summed E-state index contributed by atoms with van der Waals surface area (Å²) in [5.74, 6) is 2.40. The smallest absolute Gasteiger partial charge is 0.175 e. The minimum absolute atomic E-state index is 0.596. The Bertz CT molecular complexity index is 456. The van der Waals surface area contributed by atoms with Gasteiger partial charge in [0.25, 0.3) is 0 Å². The average Bonchev–Trinajstić information content (AvgIpc) is 2.77. The van der Waals surface area contributed by atoms with Gasteiger partial charge < -0.3 is 14.8 Å². The summed E-state index contributed by atoms with van der Waals surface area (Å²) in [6, 6.07) is 2.21.